The van der Waals surface area contributed by atoms with Gasteiger partial charge in [-0.3, -0.25) is 9.78 Å². The van der Waals surface area contributed by atoms with Gasteiger partial charge in [0.25, 0.3) is 5.91 Å². The topological polar surface area (TPSA) is 85.4 Å². The van der Waals surface area contributed by atoms with Gasteiger partial charge in [-0.1, -0.05) is 12.1 Å². The average molecular weight is 475 g/mol. The first-order chi connectivity index (χ1) is 15.3. The zero-order valence-corrected chi connectivity index (χ0v) is 18.3. The van der Waals surface area contributed by atoms with Gasteiger partial charge in [0.1, 0.15) is 10.6 Å². The van der Waals surface area contributed by atoms with Crippen molar-refractivity contribution in [2.75, 3.05) is 7.11 Å². The Morgan fingerprint density at radius 1 is 1.09 bits per heavy atom. The Balaban J connectivity index is 1.50. The molecule has 0 aliphatic rings. The van der Waals surface area contributed by atoms with E-state index in [1.54, 1.807) is 18.5 Å². The Labute approximate surface area is 186 Å². The maximum Gasteiger partial charge on any atom is 0.261 e. The van der Waals surface area contributed by atoms with Gasteiger partial charge in [-0.05, 0) is 41.3 Å². The summed E-state index contributed by atoms with van der Waals surface area (Å²) in [4.78, 5) is 16.4. The number of methoxy groups -OCH3 is 1. The molecule has 0 aliphatic carbocycles. The number of carbonyl (C=O) groups excluding carboxylic acids is 1. The minimum atomic E-state index is -4.15. The fraction of sp³-hybridized carbons (Fsp3) is 0.0909. The Morgan fingerprint density at radius 3 is 2.50 bits per heavy atom. The normalized spacial score (nSPS) is 11.5. The Bertz CT molecular complexity index is 1380. The van der Waals surface area contributed by atoms with Crippen LogP contribution in [-0.4, -0.2) is 26.4 Å². The quantitative estimate of drug-likeness (QED) is 0.420. The zero-order chi connectivity index (χ0) is 22.9. The van der Waals surface area contributed by atoms with Crippen LogP contribution in [-0.2, 0) is 16.4 Å². The molecule has 2 aromatic heterocycles. The van der Waals surface area contributed by atoms with Gasteiger partial charge in [0, 0.05) is 25.0 Å². The van der Waals surface area contributed by atoms with Crippen molar-refractivity contribution in [3.05, 3.63) is 83.0 Å². The van der Waals surface area contributed by atoms with Gasteiger partial charge >= 0.3 is 0 Å². The first-order valence-corrected chi connectivity index (χ1v) is 11.6. The molecule has 2 aromatic carbocycles. The van der Waals surface area contributed by atoms with E-state index in [0.717, 1.165) is 10.1 Å². The van der Waals surface area contributed by atoms with Crippen LogP contribution in [0, 0.1) is 11.6 Å². The van der Waals surface area contributed by atoms with Crippen LogP contribution in [0.3, 0.4) is 0 Å². The number of nitrogens with one attached hydrogen (secondary N) is 1. The van der Waals surface area contributed by atoms with Crippen LogP contribution in [0.2, 0.25) is 0 Å². The third-order valence-electron chi connectivity index (χ3n) is 4.73. The van der Waals surface area contributed by atoms with Crippen LogP contribution in [0.15, 0.2) is 70.7 Å². The molecule has 0 atom stereocenters. The summed E-state index contributed by atoms with van der Waals surface area (Å²) in [6, 6.07) is 10.6. The van der Waals surface area contributed by atoms with Gasteiger partial charge in [0.05, 0.1) is 21.6 Å². The number of halogens is 2. The number of hydrogen-bond donors (Lipinski definition) is 1. The molecule has 4 rings (SSSR count). The van der Waals surface area contributed by atoms with E-state index in [4.69, 9.17) is 4.74 Å². The van der Waals surface area contributed by atoms with Gasteiger partial charge in [0.2, 0.25) is 9.84 Å². The Kier molecular flexibility index (Phi) is 5.90. The van der Waals surface area contributed by atoms with Crippen molar-refractivity contribution >= 4 is 37.2 Å². The summed E-state index contributed by atoms with van der Waals surface area (Å²) in [6.07, 6.45) is 3.35. The molecule has 0 bridgehead atoms. The minimum Gasteiger partial charge on any atom is -0.495 e. The monoisotopic (exact) mass is 474 g/mol. The molecule has 0 unspecified atom stereocenters. The van der Waals surface area contributed by atoms with E-state index in [0.29, 0.717) is 22.6 Å². The number of rotatable bonds is 6. The third-order valence-corrected chi connectivity index (χ3v) is 7.60. The van der Waals surface area contributed by atoms with E-state index >= 15 is 0 Å². The number of ether oxygens (including phenoxy) is 1. The summed E-state index contributed by atoms with van der Waals surface area (Å²) in [5, 5.41) is 3.72. The molecule has 0 radical (unpaired) electrons. The smallest absolute Gasteiger partial charge is 0.261 e. The lowest BCUT2D eigenvalue weighted by atomic mass is 10.2. The van der Waals surface area contributed by atoms with Crippen molar-refractivity contribution in [1.29, 1.82) is 0 Å². The van der Waals surface area contributed by atoms with E-state index < -0.39 is 26.4 Å². The molecule has 0 fully saturated rings. The highest BCUT2D eigenvalue weighted by Crippen LogP contribution is 2.31. The molecule has 2 heterocycles. The van der Waals surface area contributed by atoms with Crippen molar-refractivity contribution in [3.63, 3.8) is 0 Å². The number of amides is 1. The first kappa shape index (κ1) is 21.8. The second-order valence-electron chi connectivity index (χ2n) is 6.77. The predicted octanol–water partition coefficient (Wildman–Crippen LogP) is 4.35. The molecule has 0 spiro atoms. The molecule has 164 valence electrons. The highest BCUT2D eigenvalue weighted by Gasteiger charge is 2.25. The van der Waals surface area contributed by atoms with Crippen LogP contribution < -0.4 is 10.1 Å². The van der Waals surface area contributed by atoms with Crippen LogP contribution in [0.25, 0.3) is 10.1 Å². The molecule has 6 nitrogen and oxygen atoms in total. The number of fused-ring (bicyclic) bond motifs is 1. The van der Waals surface area contributed by atoms with Gasteiger partial charge in [-0.25, -0.2) is 17.2 Å². The minimum absolute atomic E-state index is 0.117. The zero-order valence-electron chi connectivity index (χ0n) is 16.6. The molecular formula is C22H16F2N2O4S2. The molecule has 1 amide bonds. The van der Waals surface area contributed by atoms with Crippen molar-refractivity contribution < 1.29 is 26.7 Å². The fourth-order valence-corrected chi connectivity index (χ4v) is 5.42. The maximum absolute atomic E-state index is 13.7. The largest absolute Gasteiger partial charge is 0.495 e. The SMILES string of the molecule is COc1cc(F)c(F)cc1S(=O)(=O)c1ccc(CNC(=O)c2cc3ccncc3s2)cc1. The van der Waals surface area contributed by atoms with Crippen LogP contribution in [0.5, 0.6) is 5.75 Å². The predicted molar refractivity (Wildman–Crippen MR) is 116 cm³/mol. The average Bonchev–Trinajstić information content (AvgIpc) is 3.23. The maximum atomic E-state index is 13.7. The van der Waals surface area contributed by atoms with Crippen molar-refractivity contribution in [2.24, 2.45) is 0 Å². The molecule has 0 aliphatic heterocycles. The highest BCUT2D eigenvalue weighted by atomic mass is 32.2. The van der Waals surface area contributed by atoms with Crippen LogP contribution >= 0.6 is 11.3 Å². The number of carbonyl (C=O) groups is 1. The number of hydrogen-bond acceptors (Lipinski definition) is 6. The second kappa shape index (κ2) is 8.64. The molecule has 0 saturated heterocycles. The van der Waals surface area contributed by atoms with E-state index in [-0.39, 0.29) is 23.1 Å². The van der Waals surface area contributed by atoms with Crippen molar-refractivity contribution in [3.8, 4) is 5.75 Å². The lowest BCUT2D eigenvalue weighted by Gasteiger charge is -2.11. The molecule has 0 saturated carbocycles. The summed E-state index contributed by atoms with van der Waals surface area (Å²) in [5.74, 6) is -3.05. The summed E-state index contributed by atoms with van der Waals surface area (Å²) < 4.78 is 58.7. The number of pyridine rings is 1. The Morgan fingerprint density at radius 2 is 1.81 bits per heavy atom. The first-order valence-electron chi connectivity index (χ1n) is 9.28. The molecule has 1 N–H and O–H groups in total. The summed E-state index contributed by atoms with van der Waals surface area (Å²) in [5.41, 5.74) is 0.664. The summed E-state index contributed by atoms with van der Waals surface area (Å²) in [6.45, 7) is 0.181. The molecule has 32 heavy (non-hydrogen) atoms. The van der Waals surface area contributed by atoms with E-state index in [9.17, 15) is 22.0 Å². The number of thiophene rings is 1. The van der Waals surface area contributed by atoms with E-state index in [1.165, 1.54) is 42.7 Å². The number of sulfone groups is 1. The third kappa shape index (κ3) is 4.19. The van der Waals surface area contributed by atoms with Gasteiger partial charge < -0.3 is 10.1 Å². The lowest BCUT2D eigenvalue weighted by molar-refractivity contribution is 0.0955. The summed E-state index contributed by atoms with van der Waals surface area (Å²) >= 11 is 1.33. The number of benzene rings is 2. The summed E-state index contributed by atoms with van der Waals surface area (Å²) in [7, 11) is -2.98. The lowest BCUT2D eigenvalue weighted by Crippen LogP contribution is -2.21. The molecule has 4 aromatic rings. The van der Waals surface area contributed by atoms with Crippen LogP contribution in [0.4, 0.5) is 8.78 Å². The van der Waals surface area contributed by atoms with Crippen LogP contribution in [0.1, 0.15) is 15.2 Å². The number of aromatic nitrogens is 1. The van der Waals surface area contributed by atoms with E-state index in [1.807, 2.05) is 6.07 Å². The second-order valence-corrected chi connectivity index (χ2v) is 9.77. The highest BCUT2D eigenvalue weighted by molar-refractivity contribution is 7.91. The fourth-order valence-electron chi connectivity index (χ4n) is 3.06. The molecular weight excluding hydrogens is 458 g/mol. The van der Waals surface area contributed by atoms with Gasteiger partial charge in [-0.15, -0.1) is 11.3 Å². The van der Waals surface area contributed by atoms with Crippen molar-refractivity contribution in [1.82, 2.24) is 10.3 Å². The van der Waals surface area contributed by atoms with E-state index in [2.05, 4.69) is 10.3 Å². The van der Waals surface area contributed by atoms with Gasteiger partial charge in [-0.2, -0.15) is 0 Å². The Hall–Kier alpha value is -3.37. The standard InChI is InChI=1S/C22H16F2N2O4S2/c1-30-18-9-16(23)17(24)10-21(18)32(28,29)15-4-2-13(3-5-15)11-26-22(27)19-8-14-6-7-25-12-20(14)31-19/h2-10,12H,11H2,1H3,(H,26,27). The number of nitrogens with zero attached hydrogens (tertiary/aromatic N) is 1. The van der Waals surface area contributed by atoms with Crippen molar-refractivity contribution in [2.45, 2.75) is 16.3 Å². The molecule has 10 heteroatoms. The van der Waals surface area contributed by atoms with Gasteiger partial charge in [0.15, 0.2) is 11.6 Å².